The zero-order valence-electron chi connectivity index (χ0n) is 13.1. The van der Waals surface area contributed by atoms with Crippen molar-refractivity contribution in [1.29, 1.82) is 0 Å². The molecule has 1 fully saturated rings. The number of aromatic nitrogens is 4. The number of nitrogen functional groups attached to an aromatic ring is 1. The summed E-state index contributed by atoms with van der Waals surface area (Å²) in [5, 5.41) is 0. The Balaban J connectivity index is 0.00000192. The Labute approximate surface area is 174 Å². The smallest absolute Gasteiger partial charge is 0.323 e. The van der Waals surface area contributed by atoms with Crippen molar-refractivity contribution in [1.82, 2.24) is 19.5 Å². The minimum absolute atomic E-state index is 0. The van der Waals surface area contributed by atoms with E-state index in [1.165, 1.54) is 20.0 Å². The van der Waals surface area contributed by atoms with Gasteiger partial charge < -0.3 is 19.8 Å². The first-order valence-electron chi connectivity index (χ1n) is 6.75. The fourth-order valence-corrected chi connectivity index (χ4v) is 2.28. The number of esters is 2. The average Bonchev–Trinajstić information content (AvgIpc) is 2.79. The zero-order valence-corrected chi connectivity index (χ0v) is 16.3. The average molecular weight is 344 g/mol. The molecule has 0 spiro atoms. The summed E-state index contributed by atoms with van der Waals surface area (Å²) in [4.78, 5) is 35.9. The molecule has 9 nitrogen and oxygen atoms in total. The number of aryl methyl sites for hydroxylation is 1. The van der Waals surface area contributed by atoms with Crippen LogP contribution in [0.25, 0.3) is 11.2 Å². The number of imidazole rings is 1. The van der Waals surface area contributed by atoms with Gasteiger partial charge in [-0.1, -0.05) is 0 Å². The predicted molar refractivity (Wildman–Crippen MR) is 79.9 cm³/mol. The van der Waals surface area contributed by atoms with Crippen molar-refractivity contribution >= 4 is 80.4 Å². The Morgan fingerprint density at radius 1 is 1.26 bits per heavy atom. The summed E-state index contributed by atoms with van der Waals surface area (Å²) >= 11 is 0. The number of anilines is 1. The molecule has 1 saturated heterocycles. The first-order valence-corrected chi connectivity index (χ1v) is 6.75. The van der Waals surface area contributed by atoms with Gasteiger partial charge in [-0.25, -0.2) is 9.97 Å². The number of hydrogen-bond donors (Lipinski definition) is 1. The van der Waals surface area contributed by atoms with Crippen molar-refractivity contribution in [3.05, 3.63) is 12.5 Å². The molecule has 0 amide bonds. The van der Waals surface area contributed by atoms with Gasteiger partial charge in [-0.2, -0.15) is 4.98 Å². The molecule has 2 aromatic heterocycles. The summed E-state index contributed by atoms with van der Waals surface area (Å²) in [6, 6.07) is 0. The van der Waals surface area contributed by atoms with Gasteiger partial charge in [0.1, 0.15) is 5.52 Å². The number of fused-ring (bicyclic) bond motifs is 1. The monoisotopic (exact) mass is 344 g/mol. The molecule has 3 heterocycles. The van der Waals surface area contributed by atoms with Crippen molar-refractivity contribution in [3.8, 4) is 0 Å². The van der Waals surface area contributed by atoms with E-state index in [4.69, 9.17) is 15.2 Å². The van der Waals surface area contributed by atoms with E-state index in [1.54, 1.807) is 10.9 Å². The summed E-state index contributed by atoms with van der Waals surface area (Å²) in [5.74, 6) is -3.20. The summed E-state index contributed by atoms with van der Waals surface area (Å²) < 4.78 is 11.9. The van der Waals surface area contributed by atoms with Crippen molar-refractivity contribution in [2.24, 2.45) is 5.92 Å². The molecule has 23 heavy (non-hydrogen) atoms. The molecule has 1 aliphatic heterocycles. The van der Waals surface area contributed by atoms with Crippen LogP contribution in [0.1, 0.15) is 20.3 Å². The minimum atomic E-state index is -1.21. The Kier molecular flexibility index (Phi) is 5.41. The summed E-state index contributed by atoms with van der Waals surface area (Å²) in [5.41, 5.74) is 6.69. The van der Waals surface area contributed by atoms with Gasteiger partial charge in [0.25, 0.3) is 5.79 Å². The van der Waals surface area contributed by atoms with E-state index in [-0.39, 0.29) is 63.8 Å². The third-order valence-corrected chi connectivity index (χ3v) is 3.30. The van der Waals surface area contributed by atoms with E-state index in [2.05, 4.69) is 15.0 Å². The van der Waals surface area contributed by atoms with Crippen molar-refractivity contribution in [2.75, 3.05) is 5.73 Å². The maximum absolute atomic E-state index is 11.9. The fraction of sp³-hybridized carbons (Fsp3) is 0.462. The second-order valence-electron chi connectivity index (χ2n) is 5.46. The molecule has 0 aliphatic carbocycles. The second-order valence-corrected chi connectivity index (χ2v) is 5.46. The van der Waals surface area contributed by atoms with Crippen LogP contribution in [0.15, 0.2) is 12.5 Å². The molecule has 0 bridgehead atoms. The van der Waals surface area contributed by atoms with Gasteiger partial charge >= 0.3 is 11.9 Å². The summed E-state index contributed by atoms with van der Waals surface area (Å²) in [7, 11) is 0. The van der Waals surface area contributed by atoms with E-state index in [1.807, 2.05) is 0 Å². The largest absolute Gasteiger partial charge is 0.422 e. The number of ether oxygens (including phenoxy) is 2. The zero-order chi connectivity index (χ0) is 15.9. The van der Waals surface area contributed by atoms with E-state index in [0.29, 0.717) is 17.7 Å². The molecule has 117 valence electrons. The molecule has 2 N–H and O–H groups in total. The van der Waals surface area contributed by atoms with Gasteiger partial charge in [-0.15, -0.1) is 0 Å². The molecule has 0 unspecified atom stereocenters. The Morgan fingerprint density at radius 2 is 1.91 bits per heavy atom. The topological polar surface area (TPSA) is 122 Å². The number of hydrogen-bond acceptors (Lipinski definition) is 8. The van der Waals surface area contributed by atoms with Crippen LogP contribution >= 0.6 is 0 Å². The van der Waals surface area contributed by atoms with E-state index in [9.17, 15) is 9.59 Å². The van der Waals surface area contributed by atoms with Crippen LogP contribution in [-0.4, -0.2) is 88.6 Å². The van der Waals surface area contributed by atoms with Crippen molar-refractivity contribution in [2.45, 2.75) is 32.6 Å². The molecule has 0 saturated carbocycles. The van der Waals surface area contributed by atoms with Crippen LogP contribution in [0.4, 0.5) is 5.95 Å². The SMILES string of the molecule is CC1(C)OC(=O)C(CCn2cnc3cnc(N)nc32)C(=O)O1.[K]. The maximum atomic E-state index is 11.9. The van der Waals surface area contributed by atoms with Crippen LogP contribution in [0.2, 0.25) is 0 Å². The van der Waals surface area contributed by atoms with Crippen LogP contribution in [0, 0.1) is 5.92 Å². The van der Waals surface area contributed by atoms with Crippen LogP contribution in [0.5, 0.6) is 0 Å². The quantitative estimate of drug-likeness (QED) is 0.464. The van der Waals surface area contributed by atoms with Gasteiger partial charge in [-0.3, -0.25) is 9.59 Å². The van der Waals surface area contributed by atoms with Gasteiger partial charge in [0.2, 0.25) is 5.95 Å². The van der Waals surface area contributed by atoms with E-state index >= 15 is 0 Å². The van der Waals surface area contributed by atoms with E-state index < -0.39 is 23.6 Å². The number of nitrogens with two attached hydrogens (primary N) is 1. The normalized spacial score (nSPS) is 17.5. The van der Waals surface area contributed by atoms with Crippen molar-refractivity contribution in [3.63, 3.8) is 0 Å². The van der Waals surface area contributed by atoms with Crippen LogP contribution in [0.3, 0.4) is 0 Å². The number of nitrogens with zero attached hydrogens (tertiary/aromatic N) is 4. The molecule has 0 atom stereocenters. The molecular formula is C13H15KN5O4. The maximum Gasteiger partial charge on any atom is 0.323 e. The van der Waals surface area contributed by atoms with Gasteiger partial charge in [0, 0.05) is 71.8 Å². The van der Waals surface area contributed by atoms with Gasteiger partial charge in [-0.05, 0) is 6.42 Å². The number of carbonyl (C=O) groups excluding carboxylic acids is 2. The molecule has 1 radical (unpaired) electrons. The third-order valence-electron chi connectivity index (χ3n) is 3.30. The fourth-order valence-electron chi connectivity index (χ4n) is 2.28. The molecule has 0 aromatic carbocycles. The number of carbonyl (C=O) groups is 2. The summed E-state index contributed by atoms with van der Waals surface area (Å²) in [6.45, 7) is 3.38. The molecule has 3 rings (SSSR count). The van der Waals surface area contributed by atoms with Crippen LogP contribution < -0.4 is 5.73 Å². The second kappa shape index (κ2) is 6.81. The van der Waals surface area contributed by atoms with Gasteiger partial charge in [0.05, 0.1) is 12.5 Å². The third kappa shape index (κ3) is 3.88. The van der Waals surface area contributed by atoms with Gasteiger partial charge in [0.15, 0.2) is 11.6 Å². The predicted octanol–water partition coefficient (Wildman–Crippen LogP) is -0.130. The standard InChI is InChI=1S/C13H15N5O4.K/c1-13(2)21-10(19)7(11(20)22-13)3-4-18-6-16-8-5-15-12(14)17-9(8)18;/h5-7H,3-4H2,1-2H3,(H2,14,15,17);. The summed E-state index contributed by atoms with van der Waals surface area (Å²) in [6.07, 6.45) is 3.30. The number of rotatable bonds is 3. The Morgan fingerprint density at radius 3 is 2.57 bits per heavy atom. The first kappa shape index (κ1) is 18.3. The van der Waals surface area contributed by atoms with Crippen molar-refractivity contribution < 1.29 is 19.1 Å². The Hall–Kier alpha value is -1.07. The minimum Gasteiger partial charge on any atom is -0.422 e. The molecule has 2 aromatic rings. The molecular weight excluding hydrogens is 329 g/mol. The molecule has 1 aliphatic rings. The van der Waals surface area contributed by atoms with Crippen LogP contribution in [-0.2, 0) is 25.6 Å². The number of cyclic esters (lactones) is 2. The molecule has 10 heteroatoms. The van der Waals surface area contributed by atoms with E-state index in [0.717, 1.165) is 0 Å². The Bertz CT molecular complexity index is 740. The first-order chi connectivity index (χ1) is 10.4.